The van der Waals surface area contributed by atoms with Gasteiger partial charge in [0.2, 0.25) is 11.8 Å². The molecule has 0 atom stereocenters. The van der Waals surface area contributed by atoms with Crippen molar-refractivity contribution in [2.45, 2.75) is 13.5 Å². The molecule has 3 N–H and O–H groups in total. The summed E-state index contributed by atoms with van der Waals surface area (Å²) in [5.41, 5.74) is 3.27. The molecule has 0 radical (unpaired) electrons. The number of likely N-dealkylation sites (N-methyl/N-ethyl adjacent to an activating group) is 1. The van der Waals surface area contributed by atoms with Crippen molar-refractivity contribution < 1.29 is 9.59 Å². The van der Waals surface area contributed by atoms with E-state index in [4.69, 9.17) is 5.84 Å². The van der Waals surface area contributed by atoms with E-state index in [9.17, 15) is 9.59 Å². The lowest BCUT2D eigenvalue weighted by Gasteiger charge is -2.33. The number of carbonyl (C=O) groups excluding carboxylic acids is 2. The van der Waals surface area contributed by atoms with E-state index >= 15 is 0 Å². The van der Waals surface area contributed by atoms with Crippen molar-refractivity contribution in [3.05, 3.63) is 23.9 Å². The number of amides is 2. The van der Waals surface area contributed by atoms with Crippen LogP contribution in [0.25, 0.3) is 0 Å². The molecular formula is C12H17N5O2. The average Bonchev–Trinajstić information content (AvgIpc) is 2.43. The fraction of sp³-hybridized carbons (Fsp3) is 0.417. The maximum atomic E-state index is 12.0. The van der Waals surface area contributed by atoms with Gasteiger partial charge >= 0.3 is 0 Å². The smallest absolute Gasteiger partial charge is 0.242 e. The second-order valence-electron chi connectivity index (χ2n) is 4.31. The number of carbonyl (C=O) groups is 2. The van der Waals surface area contributed by atoms with Gasteiger partial charge in [0.15, 0.2) is 0 Å². The van der Waals surface area contributed by atoms with Gasteiger partial charge in [0.05, 0.1) is 6.54 Å². The average molecular weight is 263 g/mol. The van der Waals surface area contributed by atoms with Crippen LogP contribution in [0.2, 0.25) is 0 Å². The minimum Gasteiger partial charge on any atom is -0.332 e. The molecule has 0 aromatic carbocycles. The minimum atomic E-state index is -0.0618. The second kappa shape index (κ2) is 5.66. The lowest BCUT2D eigenvalue weighted by atomic mass is 10.2. The molecule has 102 valence electrons. The summed E-state index contributed by atoms with van der Waals surface area (Å²) in [4.78, 5) is 30.9. The van der Waals surface area contributed by atoms with Crippen LogP contribution in [0, 0.1) is 0 Å². The number of piperazine rings is 1. The van der Waals surface area contributed by atoms with Crippen molar-refractivity contribution in [3.63, 3.8) is 0 Å². The van der Waals surface area contributed by atoms with Crippen molar-refractivity contribution in [1.29, 1.82) is 0 Å². The van der Waals surface area contributed by atoms with Crippen LogP contribution in [-0.2, 0) is 16.1 Å². The van der Waals surface area contributed by atoms with E-state index in [1.807, 2.05) is 13.0 Å². The van der Waals surface area contributed by atoms with Gasteiger partial charge in [-0.1, -0.05) is 6.07 Å². The third-order valence-corrected chi connectivity index (χ3v) is 3.13. The Hall–Kier alpha value is -2.15. The Bertz CT molecular complexity index is 491. The topological polar surface area (TPSA) is 91.6 Å². The van der Waals surface area contributed by atoms with Crippen LogP contribution in [0.1, 0.15) is 12.5 Å². The standard InChI is InChI=1S/C12H17N5O2/c1-2-16-7-11(19)17(8-10(16)18)6-9-4-3-5-14-12(9)15-13/h3-5H,2,6-8,13H2,1H3,(H,14,15). The summed E-state index contributed by atoms with van der Waals surface area (Å²) in [6.07, 6.45) is 1.61. The highest BCUT2D eigenvalue weighted by Crippen LogP contribution is 2.15. The number of aromatic nitrogens is 1. The number of hydrazine groups is 1. The molecule has 1 fully saturated rings. The van der Waals surface area contributed by atoms with E-state index in [-0.39, 0.29) is 24.9 Å². The minimum absolute atomic E-state index is 0.0340. The molecule has 7 heteroatoms. The predicted octanol–water partition coefficient (Wildman–Crippen LogP) is -0.442. The summed E-state index contributed by atoms with van der Waals surface area (Å²) >= 11 is 0. The van der Waals surface area contributed by atoms with Crippen LogP contribution >= 0.6 is 0 Å². The molecule has 0 aliphatic carbocycles. The van der Waals surface area contributed by atoms with Crippen LogP contribution in [-0.4, -0.2) is 46.2 Å². The lowest BCUT2D eigenvalue weighted by Crippen LogP contribution is -2.53. The molecule has 0 saturated carbocycles. The van der Waals surface area contributed by atoms with Crippen molar-refractivity contribution in [3.8, 4) is 0 Å². The van der Waals surface area contributed by atoms with Crippen LogP contribution < -0.4 is 11.3 Å². The zero-order valence-corrected chi connectivity index (χ0v) is 10.8. The Morgan fingerprint density at radius 1 is 1.32 bits per heavy atom. The second-order valence-corrected chi connectivity index (χ2v) is 4.31. The van der Waals surface area contributed by atoms with Gasteiger partial charge in [0.25, 0.3) is 0 Å². The summed E-state index contributed by atoms with van der Waals surface area (Å²) < 4.78 is 0. The number of hydrogen-bond acceptors (Lipinski definition) is 5. The first kappa shape index (κ1) is 13.3. The Labute approximate surface area is 111 Å². The van der Waals surface area contributed by atoms with Gasteiger partial charge in [0, 0.05) is 24.8 Å². The molecule has 2 rings (SSSR count). The summed E-state index contributed by atoms with van der Waals surface area (Å²) in [6.45, 7) is 2.99. The molecule has 1 aliphatic heterocycles. The van der Waals surface area contributed by atoms with E-state index in [0.29, 0.717) is 18.9 Å². The van der Waals surface area contributed by atoms with Crippen LogP contribution in [0.4, 0.5) is 5.82 Å². The normalized spacial score (nSPS) is 15.9. The van der Waals surface area contributed by atoms with Gasteiger partial charge in [-0.15, -0.1) is 0 Å². The molecule has 0 spiro atoms. The molecule has 1 saturated heterocycles. The van der Waals surface area contributed by atoms with Gasteiger partial charge in [0.1, 0.15) is 12.4 Å². The molecule has 0 bridgehead atoms. The van der Waals surface area contributed by atoms with Crippen molar-refractivity contribution >= 4 is 17.6 Å². The van der Waals surface area contributed by atoms with Gasteiger partial charge in [-0.25, -0.2) is 10.8 Å². The van der Waals surface area contributed by atoms with E-state index in [1.54, 1.807) is 17.2 Å². The molecule has 1 aliphatic rings. The third kappa shape index (κ3) is 2.82. The zero-order chi connectivity index (χ0) is 13.8. The highest BCUT2D eigenvalue weighted by Gasteiger charge is 2.29. The maximum absolute atomic E-state index is 12.0. The first-order valence-corrected chi connectivity index (χ1v) is 6.11. The summed E-state index contributed by atoms with van der Waals surface area (Å²) in [5.74, 6) is 5.79. The summed E-state index contributed by atoms with van der Waals surface area (Å²) in [6, 6.07) is 3.59. The molecule has 0 unspecified atom stereocenters. The first-order valence-electron chi connectivity index (χ1n) is 6.11. The summed E-state index contributed by atoms with van der Waals surface area (Å²) in [5, 5.41) is 0. The highest BCUT2D eigenvalue weighted by atomic mass is 16.2. The van der Waals surface area contributed by atoms with Crippen molar-refractivity contribution in [2.24, 2.45) is 5.84 Å². The number of nitrogen functional groups attached to an aromatic ring is 1. The van der Waals surface area contributed by atoms with Crippen LogP contribution in [0.15, 0.2) is 18.3 Å². The number of rotatable bonds is 4. The maximum Gasteiger partial charge on any atom is 0.242 e. The van der Waals surface area contributed by atoms with Gasteiger partial charge in [-0.05, 0) is 13.0 Å². The fourth-order valence-electron chi connectivity index (χ4n) is 2.04. The van der Waals surface area contributed by atoms with E-state index in [2.05, 4.69) is 10.4 Å². The zero-order valence-electron chi connectivity index (χ0n) is 10.8. The van der Waals surface area contributed by atoms with E-state index in [1.165, 1.54) is 4.90 Å². The van der Waals surface area contributed by atoms with Gasteiger partial charge in [-0.3, -0.25) is 9.59 Å². The Balaban J connectivity index is 2.11. The number of hydrogen-bond donors (Lipinski definition) is 2. The fourth-order valence-corrected chi connectivity index (χ4v) is 2.04. The lowest BCUT2D eigenvalue weighted by molar-refractivity contribution is -0.150. The van der Waals surface area contributed by atoms with Gasteiger partial charge in [-0.2, -0.15) is 0 Å². The van der Waals surface area contributed by atoms with Crippen molar-refractivity contribution in [1.82, 2.24) is 14.8 Å². The van der Waals surface area contributed by atoms with Gasteiger partial charge < -0.3 is 15.2 Å². The van der Waals surface area contributed by atoms with Crippen molar-refractivity contribution in [2.75, 3.05) is 25.1 Å². The number of nitrogens with zero attached hydrogens (tertiary/aromatic N) is 3. The quantitative estimate of drug-likeness (QED) is 0.567. The number of nitrogens with two attached hydrogens (primary N) is 1. The summed E-state index contributed by atoms with van der Waals surface area (Å²) in [7, 11) is 0. The third-order valence-electron chi connectivity index (χ3n) is 3.13. The van der Waals surface area contributed by atoms with Crippen LogP contribution in [0.5, 0.6) is 0 Å². The Morgan fingerprint density at radius 2 is 2.00 bits per heavy atom. The predicted molar refractivity (Wildman–Crippen MR) is 69.7 cm³/mol. The molecule has 1 aromatic heterocycles. The molecule has 1 aromatic rings. The number of pyridine rings is 1. The highest BCUT2D eigenvalue weighted by molar-refractivity contribution is 5.92. The van der Waals surface area contributed by atoms with E-state index < -0.39 is 0 Å². The molecule has 19 heavy (non-hydrogen) atoms. The largest absolute Gasteiger partial charge is 0.332 e. The molecular weight excluding hydrogens is 246 g/mol. The number of anilines is 1. The SMILES string of the molecule is CCN1CC(=O)N(Cc2cccnc2NN)CC1=O. The molecule has 7 nitrogen and oxygen atoms in total. The molecule has 2 heterocycles. The monoisotopic (exact) mass is 263 g/mol. The Kier molecular flexibility index (Phi) is 3.96. The first-order chi connectivity index (χ1) is 9.15. The number of nitrogens with one attached hydrogen (secondary N) is 1. The Morgan fingerprint density at radius 3 is 2.68 bits per heavy atom. The van der Waals surface area contributed by atoms with Crippen LogP contribution in [0.3, 0.4) is 0 Å². The van der Waals surface area contributed by atoms with E-state index in [0.717, 1.165) is 5.56 Å². The molecule has 2 amide bonds.